The zero-order valence-corrected chi connectivity index (χ0v) is 20.7. The second-order valence-electron chi connectivity index (χ2n) is 9.11. The van der Waals surface area contributed by atoms with Crippen LogP contribution in [-0.2, 0) is 4.79 Å². The number of H-pyrrole nitrogens is 1. The summed E-state index contributed by atoms with van der Waals surface area (Å²) in [6, 6.07) is 15.2. The Labute approximate surface area is 208 Å². The van der Waals surface area contributed by atoms with Crippen LogP contribution in [0.5, 0.6) is 11.8 Å². The van der Waals surface area contributed by atoms with E-state index in [0.717, 1.165) is 22.4 Å². The van der Waals surface area contributed by atoms with Crippen LogP contribution >= 0.6 is 11.5 Å². The van der Waals surface area contributed by atoms with E-state index in [4.69, 9.17) is 9.72 Å². The van der Waals surface area contributed by atoms with E-state index in [1.807, 2.05) is 76.2 Å². The number of ketones is 1. The zero-order valence-electron chi connectivity index (χ0n) is 19.9. The first kappa shape index (κ1) is 22.9. The van der Waals surface area contributed by atoms with E-state index in [0.29, 0.717) is 34.6 Å². The smallest absolute Gasteiger partial charge is 0.232 e. The van der Waals surface area contributed by atoms with Crippen LogP contribution in [0, 0.1) is 12.3 Å². The first-order valence-electron chi connectivity index (χ1n) is 11.4. The molecule has 1 aromatic carbocycles. The zero-order chi connectivity index (χ0) is 24.7. The number of Topliss-reactive ketones (excluding diaryl/α,β-unsaturated/α-hetero) is 1. The van der Waals surface area contributed by atoms with Crippen LogP contribution < -0.4 is 10.1 Å². The molecule has 0 bridgehead atoms. The monoisotopic (exact) mass is 489 g/mol. The minimum atomic E-state index is -0.853. The molecule has 8 nitrogen and oxygen atoms in total. The van der Waals surface area contributed by atoms with Crippen LogP contribution in [0.3, 0.4) is 0 Å². The van der Waals surface area contributed by atoms with E-state index in [2.05, 4.69) is 19.9 Å². The van der Waals surface area contributed by atoms with Gasteiger partial charge in [0, 0.05) is 41.7 Å². The fraction of sp³-hybridized carbons (Fsp3) is 0.269. The third-order valence-electron chi connectivity index (χ3n) is 6.37. The van der Waals surface area contributed by atoms with Crippen molar-refractivity contribution in [3.05, 3.63) is 70.9 Å². The summed E-state index contributed by atoms with van der Waals surface area (Å²) in [5.41, 5.74) is 3.86. The Morgan fingerprint density at radius 1 is 1.06 bits per heavy atom. The number of carbonyl (C=O) groups is 2. The van der Waals surface area contributed by atoms with Gasteiger partial charge in [-0.3, -0.25) is 14.9 Å². The quantitative estimate of drug-likeness (QED) is 0.323. The Kier molecular flexibility index (Phi) is 5.72. The van der Waals surface area contributed by atoms with Crippen molar-refractivity contribution in [1.82, 2.24) is 19.6 Å². The number of ether oxygens (including phenoxy) is 1. The predicted molar refractivity (Wildman–Crippen MR) is 136 cm³/mol. The third-order valence-corrected chi connectivity index (χ3v) is 6.94. The van der Waals surface area contributed by atoms with Gasteiger partial charge in [-0.1, -0.05) is 57.2 Å². The molecule has 4 heterocycles. The lowest BCUT2D eigenvalue weighted by Gasteiger charge is -2.37. The highest BCUT2D eigenvalue weighted by Crippen LogP contribution is 2.51. The van der Waals surface area contributed by atoms with Crippen molar-refractivity contribution in [2.45, 2.75) is 40.0 Å². The van der Waals surface area contributed by atoms with Crippen LogP contribution in [0.1, 0.15) is 61.7 Å². The Hall–Kier alpha value is -3.85. The SMILES string of the molecule is CCC(=O)c1ccc(-c2ccc3c(n2)Oc2nc(C)ccc2[C@@H]3C(C)(C)C(=O)Nc2n[nH]s2)cc1.[HH]. The molecule has 2 N–H and O–H groups in total. The summed E-state index contributed by atoms with van der Waals surface area (Å²) in [4.78, 5) is 34.7. The van der Waals surface area contributed by atoms with Crippen molar-refractivity contribution in [1.29, 1.82) is 0 Å². The van der Waals surface area contributed by atoms with Crippen molar-refractivity contribution in [3.8, 4) is 23.0 Å². The summed E-state index contributed by atoms with van der Waals surface area (Å²) in [5.74, 6) is 0.481. The lowest BCUT2D eigenvalue weighted by atomic mass is 9.70. The molecule has 1 amide bonds. The first-order chi connectivity index (χ1) is 16.8. The number of amides is 1. The van der Waals surface area contributed by atoms with Gasteiger partial charge in [0.15, 0.2) is 5.78 Å². The fourth-order valence-electron chi connectivity index (χ4n) is 4.36. The van der Waals surface area contributed by atoms with Gasteiger partial charge in [-0.15, -0.1) is 5.10 Å². The number of aromatic nitrogens is 4. The summed E-state index contributed by atoms with van der Waals surface area (Å²) in [6.07, 6.45) is 0.462. The van der Waals surface area contributed by atoms with E-state index in [1.54, 1.807) is 0 Å². The Morgan fingerprint density at radius 3 is 2.34 bits per heavy atom. The van der Waals surface area contributed by atoms with Crippen LogP contribution in [-0.4, -0.2) is 31.2 Å². The van der Waals surface area contributed by atoms with Gasteiger partial charge in [-0.2, -0.15) is 0 Å². The van der Waals surface area contributed by atoms with Gasteiger partial charge in [0.1, 0.15) is 0 Å². The van der Waals surface area contributed by atoms with Gasteiger partial charge < -0.3 is 4.74 Å². The number of aryl methyl sites for hydroxylation is 1. The molecule has 0 aliphatic carbocycles. The van der Waals surface area contributed by atoms with Crippen molar-refractivity contribution in [2.24, 2.45) is 5.41 Å². The normalized spacial score (nSPS) is 14.6. The first-order valence-corrected chi connectivity index (χ1v) is 12.2. The summed E-state index contributed by atoms with van der Waals surface area (Å²) in [7, 11) is 0. The number of hydrogen-bond acceptors (Lipinski definition) is 7. The third kappa shape index (κ3) is 4.12. The second-order valence-corrected chi connectivity index (χ2v) is 9.89. The minimum Gasteiger partial charge on any atom is -0.420 e. The molecule has 180 valence electrons. The van der Waals surface area contributed by atoms with Crippen molar-refractivity contribution < 1.29 is 15.8 Å². The number of nitrogens with zero attached hydrogens (tertiary/aromatic N) is 3. The van der Waals surface area contributed by atoms with E-state index < -0.39 is 5.41 Å². The number of nitrogens with one attached hydrogen (secondary N) is 2. The average Bonchev–Trinajstić information content (AvgIpc) is 2.83. The lowest BCUT2D eigenvalue weighted by molar-refractivity contribution is -0.124. The number of carbonyl (C=O) groups excluding carboxylic acids is 2. The highest BCUT2D eigenvalue weighted by atomic mass is 32.1. The number of pyridine rings is 2. The largest absolute Gasteiger partial charge is 0.420 e. The molecule has 0 saturated heterocycles. The molecule has 0 saturated carbocycles. The van der Waals surface area contributed by atoms with E-state index in [1.165, 1.54) is 11.5 Å². The van der Waals surface area contributed by atoms with Crippen molar-refractivity contribution >= 4 is 28.4 Å². The van der Waals surface area contributed by atoms with Crippen molar-refractivity contribution in [3.63, 3.8) is 0 Å². The van der Waals surface area contributed by atoms with Crippen molar-refractivity contribution in [2.75, 3.05) is 5.32 Å². The Morgan fingerprint density at radius 2 is 1.71 bits per heavy atom. The number of benzene rings is 1. The standard InChI is InChI=1S/C26H25N5O3S.H2/c1-5-20(32)16-9-7-15(8-10-16)19-13-12-18-21(26(3,4)24(33)29-25-30-31-35-25)17-11-6-14(2)27-22(17)34-23(18)28-19;/h6-13,21,31H,5H2,1-4H3,(H,29,30,33);1H/t21-;/m0./s1. The van der Waals surface area contributed by atoms with Gasteiger partial charge in [0.05, 0.1) is 11.1 Å². The van der Waals surface area contributed by atoms with E-state index in [9.17, 15) is 9.59 Å². The molecule has 4 aromatic rings. The summed E-state index contributed by atoms with van der Waals surface area (Å²) < 4.78 is 8.87. The second kappa shape index (κ2) is 8.74. The van der Waals surface area contributed by atoms with Gasteiger partial charge in [-0.25, -0.2) is 14.5 Å². The molecule has 1 aliphatic rings. The molecule has 0 unspecified atom stereocenters. The summed E-state index contributed by atoms with van der Waals surface area (Å²) >= 11 is 1.27. The molecule has 0 spiro atoms. The lowest BCUT2D eigenvalue weighted by Crippen LogP contribution is -2.38. The van der Waals surface area contributed by atoms with Gasteiger partial charge in [0.2, 0.25) is 22.8 Å². The number of aromatic amines is 1. The topological polar surface area (TPSA) is 110 Å². The molecule has 0 fully saturated rings. The number of hydrogen-bond donors (Lipinski definition) is 2. The maximum atomic E-state index is 13.3. The molecule has 1 aliphatic heterocycles. The maximum Gasteiger partial charge on any atom is 0.232 e. The molecule has 0 radical (unpaired) electrons. The molecule has 5 rings (SSSR count). The highest BCUT2D eigenvalue weighted by Gasteiger charge is 2.45. The maximum absolute atomic E-state index is 13.3. The summed E-state index contributed by atoms with van der Waals surface area (Å²) in [6.45, 7) is 7.55. The van der Waals surface area contributed by atoms with E-state index in [-0.39, 0.29) is 19.0 Å². The molecule has 35 heavy (non-hydrogen) atoms. The Bertz CT molecular complexity index is 1420. The summed E-state index contributed by atoms with van der Waals surface area (Å²) in [5, 5.41) is 7.39. The fourth-order valence-corrected chi connectivity index (χ4v) is 4.69. The molecule has 1 atom stereocenters. The molecule has 9 heteroatoms. The molecule has 3 aromatic heterocycles. The van der Waals surface area contributed by atoms with Crippen LogP contribution in [0.4, 0.5) is 5.13 Å². The minimum absolute atomic E-state index is 0. The van der Waals surface area contributed by atoms with Crippen LogP contribution in [0.15, 0.2) is 48.5 Å². The van der Waals surface area contributed by atoms with E-state index >= 15 is 0 Å². The van der Waals surface area contributed by atoms with Crippen LogP contribution in [0.25, 0.3) is 11.3 Å². The van der Waals surface area contributed by atoms with Crippen LogP contribution in [0.2, 0.25) is 0 Å². The number of rotatable bonds is 6. The van der Waals surface area contributed by atoms with Gasteiger partial charge in [-0.05, 0) is 30.6 Å². The van der Waals surface area contributed by atoms with Gasteiger partial charge >= 0.3 is 0 Å². The number of anilines is 1. The predicted octanol–water partition coefficient (Wildman–Crippen LogP) is 5.98. The van der Waals surface area contributed by atoms with Gasteiger partial charge in [0.25, 0.3) is 0 Å². The average molecular weight is 490 g/mol. The molecular formula is C26H27N5O3S. The highest BCUT2D eigenvalue weighted by molar-refractivity contribution is 7.10. The Balaban J connectivity index is 0.00000304. The number of fused-ring (bicyclic) bond motifs is 2. The molecular weight excluding hydrogens is 462 g/mol.